The van der Waals surface area contributed by atoms with Gasteiger partial charge in [-0.2, -0.15) is 0 Å². The summed E-state index contributed by atoms with van der Waals surface area (Å²) in [6.45, 7) is 16.9. The number of carbonyl (C=O) groups excluding carboxylic acids is 9. The first-order valence-electron chi connectivity index (χ1n) is 29.2. The molecule has 82 heavy (non-hydrogen) atoms. The number of hydrogen-bond donors (Lipinski definition) is 7. The molecule has 22 nitrogen and oxygen atoms in total. The largest absolute Gasteiger partial charge is 0.481 e. The highest BCUT2D eigenvalue weighted by Crippen LogP contribution is 2.28. The molecule has 0 saturated carbocycles. The number of nitrogens with two attached hydrogens (primary N) is 2. The first kappa shape index (κ1) is 70.0. The van der Waals surface area contributed by atoms with Crippen LogP contribution in [-0.4, -0.2) is 185 Å². The van der Waals surface area contributed by atoms with Crippen LogP contribution in [0.15, 0.2) is 35.3 Å². The van der Waals surface area contributed by atoms with Crippen LogP contribution in [0.2, 0.25) is 0 Å². The minimum atomic E-state index is -1.66. The number of aliphatic hydroxyl groups excluding tert-OH is 1. The number of carbonyl (C=O) groups is 10. The lowest BCUT2D eigenvalue weighted by atomic mass is 9.87. The van der Waals surface area contributed by atoms with Crippen molar-refractivity contribution in [2.24, 2.45) is 57.9 Å². The molecule has 0 aliphatic carbocycles. The molecule has 1 aromatic rings. The predicted octanol–water partition coefficient (Wildman–Crippen LogP) is 2.55. The van der Waals surface area contributed by atoms with Gasteiger partial charge in [0.15, 0.2) is 31.3 Å². The standard InChI is InChI=1S/C59H95BN10O12/c1-12-37(8)52(38(9)71)66-53(77)40(20-16-22-63-59(61)62)28-49(73)44(31-51(75)76)64-55(79)47(26-36(6)7)68(11)58(82)48-30-43(72)33-70(48)57(81)45(25-35(4)5)65-54(78)42(24-34(2)3)29-50(74)46(27-39-18-14-13-15-19-39)67(10)56(80)41-21-17-23-69(60)32-41/h13-15,18-19,34-37,40-48,52,72H,12,16-17,20-33H2,1-11H3,(H,64,79)(H,65,78)(H,66,77)(H,75,76)(H4,61,62,63)/t37?,40-,41+,42+,43-,44+,45+,46+,47+,48+,52+/m1/s1. The molecule has 9 N–H and O–H groups in total. The summed E-state index contributed by atoms with van der Waals surface area (Å²) in [4.78, 5) is 150. The Labute approximate surface area is 486 Å². The average Bonchev–Trinajstić information content (AvgIpc) is 4.05. The Kier molecular flexibility index (Phi) is 28.8. The highest BCUT2D eigenvalue weighted by molar-refractivity contribution is 6.04. The molecule has 11 atom stereocenters. The molecule has 2 aliphatic rings. The zero-order chi connectivity index (χ0) is 61.7. The van der Waals surface area contributed by atoms with E-state index in [2.05, 4.69) is 20.9 Å². The van der Waals surface area contributed by atoms with E-state index in [1.807, 2.05) is 65.0 Å². The number of carboxylic acids is 1. The summed E-state index contributed by atoms with van der Waals surface area (Å²) < 4.78 is 0. The van der Waals surface area contributed by atoms with Crippen LogP contribution in [-0.2, 0) is 54.4 Å². The molecule has 2 radical (unpaired) electrons. The minimum Gasteiger partial charge on any atom is -0.481 e. The van der Waals surface area contributed by atoms with Crippen molar-refractivity contribution in [1.82, 2.24) is 35.5 Å². The van der Waals surface area contributed by atoms with Crippen molar-refractivity contribution in [3.63, 3.8) is 0 Å². The van der Waals surface area contributed by atoms with Gasteiger partial charge in [-0.15, -0.1) is 0 Å². The van der Waals surface area contributed by atoms with Crippen molar-refractivity contribution in [3.8, 4) is 0 Å². The molecule has 23 heteroatoms. The van der Waals surface area contributed by atoms with Crippen LogP contribution >= 0.6 is 0 Å². The monoisotopic (exact) mass is 1150 g/mol. The number of likely N-dealkylation sites (N-methyl/N-ethyl adjacent to an activating group) is 2. The maximum Gasteiger partial charge on any atom is 0.305 e. The van der Waals surface area contributed by atoms with Gasteiger partial charge in [0.1, 0.15) is 18.1 Å². The molecule has 0 aromatic heterocycles. The first-order valence-corrected chi connectivity index (χ1v) is 29.2. The number of hydrogen-bond acceptors (Lipinski definition) is 13. The van der Waals surface area contributed by atoms with Gasteiger partial charge in [-0.1, -0.05) is 92.1 Å². The van der Waals surface area contributed by atoms with Crippen molar-refractivity contribution >= 4 is 72.7 Å². The number of rotatable bonds is 34. The van der Waals surface area contributed by atoms with Crippen LogP contribution in [0.3, 0.4) is 0 Å². The summed E-state index contributed by atoms with van der Waals surface area (Å²) >= 11 is 0. The van der Waals surface area contributed by atoms with Crippen LogP contribution in [0, 0.1) is 41.4 Å². The van der Waals surface area contributed by atoms with Crippen LogP contribution in [0.5, 0.6) is 0 Å². The van der Waals surface area contributed by atoms with E-state index in [9.17, 15) is 58.2 Å². The zero-order valence-corrected chi connectivity index (χ0v) is 50.4. The fourth-order valence-corrected chi connectivity index (χ4v) is 11.0. The van der Waals surface area contributed by atoms with Crippen LogP contribution < -0.4 is 27.4 Å². The highest BCUT2D eigenvalue weighted by Gasteiger charge is 2.46. The molecule has 2 heterocycles. The Morgan fingerprint density at radius 1 is 0.744 bits per heavy atom. The molecular weight excluding hydrogens is 1050 g/mol. The number of aliphatic imine (C=N–C) groups is 1. The summed E-state index contributed by atoms with van der Waals surface area (Å²) in [6.07, 6.45) is -0.188. The van der Waals surface area contributed by atoms with Crippen molar-refractivity contribution in [2.75, 3.05) is 40.3 Å². The number of likely N-dealkylation sites (tertiary alicyclic amines) is 1. The van der Waals surface area contributed by atoms with Crippen LogP contribution in [0.4, 0.5) is 0 Å². The quantitative estimate of drug-likeness (QED) is 0.0226. The number of nitrogens with zero attached hydrogens (tertiary/aromatic N) is 5. The highest BCUT2D eigenvalue weighted by atomic mass is 16.4. The Bertz CT molecular complexity index is 2370. The number of carboxylic acid groups (broad SMARTS) is 1. The van der Waals surface area contributed by atoms with Gasteiger partial charge in [0.2, 0.25) is 35.4 Å². The molecule has 2 aliphatic heterocycles. The molecule has 1 aromatic carbocycles. The Morgan fingerprint density at radius 2 is 1.33 bits per heavy atom. The fourth-order valence-electron chi connectivity index (χ4n) is 11.0. The number of ketones is 3. The van der Waals surface area contributed by atoms with Gasteiger partial charge < -0.3 is 57.1 Å². The molecule has 2 saturated heterocycles. The van der Waals surface area contributed by atoms with Gasteiger partial charge >= 0.3 is 5.97 Å². The average molecular weight is 1150 g/mol. The Balaban J connectivity index is 1.93. The maximum atomic E-state index is 14.9. The maximum absolute atomic E-state index is 14.9. The van der Waals surface area contributed by atoms with E-state index in [-0.39, 0.29) is 112 Å². The number of Topliss-reactive ketones (excluding diaryl/α,β-unsaturated/α-hetero) is 3. The fraction of sp³-hybridized carbons (Fsp3) is 0.712. The summed E-state index contributed by atoms with van der Waals surface area (Å²) in [7, 11) is 9.05. The molecule has 0 spiro atoms. The number of aliphatic hydroxyl groups is 1. The van der Waals surface area contributed by atoms with Crippen molar-refractivity contribution < 1.29 is 58.2 Å². The number of piperidine rings is 1. The second-order valence-electron chi connectivity index (χ2n) is 24.1. The molecule has 6 amide bonds. The summed E-state index contributed by atoms with van der Waals surface area (Å²) in [6, 6.07) is 2.02. The van der Waals surface area contributed by atoms with E-state index in [1.54, 1.807) is 32.6 Å². The van der Waals surface area contributed by atoms with Gasteiger partial charge in [0, 0.05) is 64.2 Å². The van der Waals surface area contributed by atoms with E-state index >= 15 is 0 Å². The normalized spacial score (nSPS) is 19.4. The minimum absolute atomic E-state index is 0.0220. The smallest absolute Gasteiger partial charge is 0.305 e. The second kappa shape index (κ2) is 33.8. The Hall–Kier alpha value is -6.23. The molecule has 0 bridgehead atoms. The SMILES string of the molecule is [B]N1CCC[C@H](C(=O)N(C)[C@@H](Cc2ccccc2)C(=O)C[C@H](CC(C)C)C(=O)N[C@@H](CC(C)C)C(=O)N2C[C@H](O)C[C@H]2C(=O)N(C)[C@@H](CC(C)C)C(=O)N[C@@H](CC(=O)O)C(=O)C[C@@H](CCCN=C(N)N)C(=O)N[C@H](C(C)=O)C(C)CC)C1. The lowest BCUT2D eigenvalue weighted by molar-refractivity contribution is -0.149. The topological polar surface area (TPSA) is 325 Å². The second-order valence-corrected chi connectivity index (χ2v) is 24.1. The zero-order valence-electron chi connectivity index (χ0n) is 50.4. The number of aliphatic carboxylic acids is 1. The third kappa shape index (κ3) is 22.2. The van der Waals surface area contributed by atoms with Gasteiger partial charge in [0.25, 0.3) is 0 Å². The third-order valence-corrected chi connectivity index (χ3v) is 15.7. The number of β-amino-alcohol motifs (C(OH)–C–C–N with tert-alkyl or cyclic N) is 1. The van der Waals surface area contributed by atoms with Crippen LogP contribution in [0.1, 0.15) is 145 Å². The third-order valence-electron chi connectivity index (χ3n) is 15.7. The van der Waals surface area contributed by atoms with Crippen LogP contribution in [0.25, 0.3) is 0 Å². The molecule has 3 rings (SSSR count). The van der Waals surface area contributed by atoms with Gasteiger partial charge in [-0.05, 0) is 101 Å². The van der Waals surface area contributed by atoms with E-state index < -0.39 is 114 Å². The van der Waals surface area contributed by atoms with Crippen molar-refractivity contribution in [3.05, 3.63) is 35.9 Å². The summed E-state index contributed by atoms with van der Waals surface area (Å²) in [5, 5.41) is 29.3. The number of amides is 6. The number of guanidine groups is 1. The van der Waals surface area contributed by atoms with Gasteiger partial charge in [-0.25, -0.2) is 0 Å². The number of nitrogens with one attached hydrogen (secondary N) is 3. The van der Waals surface area contributed by atoms with Crippen molar-refractivity contribution in [2.45, 2.75) is 188 Å². The Morgan fingerprint density at radius 3 is 1.89 bits per heavy atom. The van der Waals surface area contributed by atoms with Crippen molar-refractivity contribution in [1.29, 1.82) is 0 Å². The first-order chi connectivity index (χ1) is 38.4. The lowest BCUT2D eigenvalue weighted by Crippen LogP contribution is -2.58. The van der Waals surface area contributed by atoms with E-state index in [1.165, 1.54) is 23.8 Å². The summed E-state index contributed by atoms with van der Waals surface area (Å²) in [5.41, 5.74) is 11.8. The van der Waals surface area contributed by atoms with E-state index in [0.717, 1.165) is 16.9 Å². The molecule has 456 valence electrons. The molecular formula is C59H95BN10O12. The van der Waals surface area contributed by atoms with E-state index in [0.29, 0.717) is 25.9 Å². The predicted molar refractivity (Wildman–Crippen MR) is 312 cm³/mol. The lowest BCUT2D eigenvalue weighted by Gasteiger charge is -2.36. The molecule has 2 fully saturated rings. The summed E-state index contributed by atoms with van der Waals surface area (Å²) in [5.74, 6) is -9.84. The van der Waals surface area contributed by atoms with E-state index in [4.69, 9.17) is 19.4 Å². The number of benzene rings is 1. The molecule has 1 unspecified atom stereocenters. The van der Waals surface area contributed by atoms with Gasteiger partial charge in [0.05, 0.1) is 30.7 Å². The van der Waals surface area contributed by atoms with Gasteiger partial charge in [-0.3, -0.25) is 52.9 Å².